The number of methoxy groups -OCH3 is 1. The number of rotatable bonds is 5. The smallest absolute Gasteiger partial charge is 0.322 e. The van der Waals surface area contributed by atoms with Gasteiger partial charge in [-0.3, -0.25) is 10.1 Å². The molecule has 7 heteroatoms. The van der Waals surface area contributed by atoms with Crippen LogP contribution in [0.5, 0.6) is 5.75 Å². The van der Waals surface area contributed by atoms with Crippen LogP contribution in [-0.4, -0.2) is 23.2 Å². The maximum atomic E-state index is 11.5. The van der Waals surface area contributed by atoms with E-state index < -0.39 is 0 Å². The van der Waals surface area contributed by atoms with E-state index in [1.54, 1.807) is 19.2 Å². The number of anilines is 1. The van der Waals surface area contributed by atoms with Crippen molar-refractivity contribution >= 4 is 22.9 Å². The number of amides is 1. The predicted octanol–water partition coefficient (Wildman–Crippen LogP) is 3.23. The first kappa shape index (κ1) is 14.1. The maximum absolute atomic E-state index is 11.5. The van der Waals surface area contributed by atoms with E-state index in [1.165, 1.54) is 0 Å². The summed E-state index contributed by atoms with van der Waals surface area (Å²) in [6.45, 7) is 1.92. The van der Waals surface area contributed by atoms with Gasteiger partial charge < -0.3 is 13.6 Å². The van der Waals surface area contributed by atoms with E-state index in [4.69, 9.17) is 13.6 Å². The molecule has 0 bridgehead atoms. The minimum Gasteiger partial charge on any atom is -0.493 e. The normalized spacial score (nSPS) is 10.8. The van der Waals surface area contributed by atoms with Gasteiger partial charge >= 0.3 is 6.01 Å². The lowest BCUT2D eigenvalue weighted by atomic mass is 10.2. The van der Waals surface area contributed by atoms with Gasteiger partial charge in [-0.1, -0.05) is 24.2 Å². The SMILES string of the molecule is CCCC(=O)Nc1nnc(-c2cc3cccc(OC)c3o2)o1. The third kappa shape index (κ3) is 2.65. The summed E-state index contributed by atoms with van der Waals surface area (Å²) in [5, 5.41) is 11.1. The number of fused-ring (bicyclic) bond motifs is 1. The number of carbonyl (C=O) groups is 1. The average Bonchev–Trinajstić information content (AvgIpc) is 3.13. The number of benzene rings is 1. The summed E-state index contributed by atoms with van der Waals surface area (Å²) in [6, 6.07) is 7.40. The van der Waals surface area contributed by atoms with Gasteiger partial charge in [-0.25, -0.2) is 0 Å². The first-order valence-electron chi connectivity index (χ1n) is 6.91. The number of hydrogen-bond acceptors (Lipinski definition) is 6. The summed E-state index contributed by atoms with van der Waals surface area (Å²) in [5.74, 6) is 1.08. The van der Waals surface area contributed by atoms with Crippen LogP contribution in [0.3, 0.4) is 0 Å². The molecule has 2 aromatic heterocycles. The monoisotopic (exact) mass is 301 g/mol. The Morgan fingerprint density at radius 3 is 2.95 bits per heavy atom. The van der Waals surface area contributed by atoms with Gasteiger partial charge in [0.05, 0.1) is 7.11 Å². The van der Waals surface area contributed by atoms with E-state index in [0.717, 1.165) is 11.8 Å². The lowest BCUT2D eigenvalue weighted by Gasteiger charge is -1.98. The Balaban J connectivity index is 1.88. The van der Waals surface area contributed by atoms with Gasteiger partial charge in [-0.2, -0.15) is 0 Å². The molecular weight excluding hydrogens is 286 g/mol. The number of aromatic nitrogens is 2. The highest BCUT2D eigenvalue weighted by Crippen LogP contribution is 2.33. The van der Waals surface area contributed by atoms with Crippen LogP contribution in [0.25, 0.3) is 22.6 Å². The zero-order valence-electron chi connectivity index (χ0n) is 12.3. The molecule has 0 saturated carbocycles. The standard InChI is InChI=1S/C15H15N3O4/c1-3-5-12(19)16-15-18-17-14(22-15)11-8-9-6-4-7-10(20-2)13(9)21-11/h4,6-8H,3,5H2,1-2H3,(H,16,18,19). The van der Waals surface area contributed by atoms with Crippen molar-refractivity contribution in [2.24, 2.45) is 0 Å². The third-order valence-electron chi connectivity index (χ3n) is 3.09. The fourth-order valence-electron chi connectivity index (χ4n) is 2.08. The molecule has 114 valence electrons. The lowest BCUT2D eigenvalue weighted by Crippen LogP contribution is -2.10. The maximum Gasteiger partial charge on any atom is 0.322 e. The second-order valence-corrected chi connectivity index (χ2v) is 4.70. The number of furan rings is 1. The van der Waals surface area contributed by atoms with Crippen molar-refractivity contribution in [2.75, 3.05) is 12.4 Å². The predicted molar refractivity (Wildman–Crippen MR) is 79.6 cm³/mol. The number of carbonyl (C=O) groups excluding carboxylic acids is 1. The second kappa shape index (κ2) is 5.88. The highest BCUT2D eigenvalue weighted by Gasteiger charge is 2.16. The molecule has 0 aliphatic heterocycles. The van der Waals surface area contributed by atoms with Crippen LogP contribution in [0.15, 0.2) is 33.1 Å². The third-order valence-corrected chi connectivity index (χ3v) is 3.09. The zero-order valence-corrected chi connectivity index (χ0v) is 12.3. The van der Waals surface area contributed by atoms with Gasteiger partial charge in [0, 0.05) is 11.8 Å². The van der Waals surface area contributed by atoms with Gasteiger partial charge in [-0.15, -0.1) is 5.10 Å². The van der Waals surface area contributed by atoms with Crippen LogP contribution in [-0.2, 0) is 4.79 Å². The Hall–Kier alpha value is -2.83. The zero-order chi connectivity index (χ0) is 15.5. The van der Waals surface area contributed by atoms with E-state index in [2.05, 4.69) is 15.5 Å². The van der Waals surface area contributed by atoms with Crippen LogP contribution in [0, 0.1) is 0 Å². The van der Waals surface area contributed by atoms with Crippen molar-refractivity contribution in [1.82, 2.24) is 10.2 Å². The Bertz CT molecular complexity index is 806. The fourth-order valence-corrected chi connectivity index (χ4v) is 2.08. The molecule has 0 saturated heterocycles. The minimum absolute atomic E-state index is 0.0564. The molecule has 22 heavy (non-hydrogen) atoms. The van der Waals surface area contributed by atoms with Crippen molar-refractivity contribution in [3.05, 3.63) is 24.3 Å². The van der Waals surface area contributed by atoms with Crippen molar-refractivity contribution in [1.29, 1.82) is 0 Å². The van der Waals surface area contributed by atoms with Crippen LogP contribution in [0.2, 0.25) is 0 Å². The molecule has 3 aromatic rings. The minimum atomic E-state index is -0.163. The van der Waals surface area contributed by atoms with Crippen molar-refractivity contribution < 1.29 is 18.4 Å². The number of hydrogen-bond donors (Lipinski definition) is 1. The second-order valence-electron chi connectivity index (χ2n) is 4.70. The fraction of sp³-hybridized carbons (Fsp3) is 0.267. The highest BCUT2D eigenvalue weighted by atomic mass is 16.5. The first-order chi connectivity index (χ1) is 10.7. The Labute approximate surface area is 126 Å². The molecule has 0 aliphatic carbocycles. The van der Waals surface area contributed by atoms with Gasteiger partial charge in [0.2, 0.25) is 5.91 Å². The Kier molecular flexibility index (Phi) is 3.78. The van der Waals surface area contributed by atoms with E-state index in [9.17, 15) is 4.79 Å². The van der Waals surface area contributed by atoms with E-state index in [1.807, 2.05) is 19.1 Å². The molecule has 1 amide bonds. The molecule has 3 rings (SSSR count). The molecule has 1 aromatic carbocycles. The lowest BCUT2D eigenvalue weighted by molar-refractivity contribution is -0.116. The van der Waals surface area contributed by atoms with Gasteiger partial charge in [0.15, 0.2) is 17.1 Å². The van der Waals surface area contributed by atoms with Crippen LogP contribution < -0.4 is 10.1 Å². The largest absolute Gasteiger partial charge is 0.493 e. The molecule has 0 spiro atoms. The molecular formula is C15H15N3O4. The molecule has 0 unspecified atom stereocenters. The number of nitrogens with zero attached hydrogens (tertiary/aromatic N) is 2. The van der Waals surface area contributed by atoms with Gasteiger partial charge in [-0.05, 0) is 18.6 Å². The summed E-state index contributed by atoms with van der Waals surface area (Å²) in [7, 11) is 1.57. The quantitative estimate of drug-likeness (QED) is 0.778. The highest BCUT2D eigenvalue weighted by molar-refractivity contribution is 5.89. The Morgan fingerprint density at radius 2 is 2.18 bits per heavy atom. The van der Waals surface area contributed by atoms with Crippen LogP contribution in [0.1, 0.15) is 19.8 Å². The molecule has 0 radical (unpaired) electrons. The Morgan fingerprint density at radius 1 is 1.32 bits per heavy atom. The average molecular weight is 301 g/mol. The van der Waals surface area contributed by atoms with E-state index in [-0.39, 0.29) is 17.8 Å². The number of ether oxygens (including phenoxy) is 1. The van der Waals surface area contributed by atoms with Crippen LogP contribution >= 0.6 is 0 Å². The number of para-hydroxylation sites is 1. The summed E-state index contributed by atoms with van der Waals surface area (Å²) in [5.41, 5.74) is 0.606. The van der Waals surface area contributed by atoms with E-state index >= 15 is 0 Å². The van der Waals surface area contributed by atoms with Crippen LogP contribution in [0.4, 0.5) is 6.01 Å². The van der Waals surface area contributed by atoms with Gasteiger partial charge in [0.1, 0.15) is 0 Å². The topological polar surface area (TPSA) is 90.4 Å². The first-order valence-corrected chi connectivity index (χ1v) is 6.91. The summed E-state index contributed by atoms with van der Waals surface area (Å²) in [4.78, 5) is 11.5. The molecule has 2 heterocycles. The molecule has 0 fully saturated rings. The molecule has 1 N–H and O–H groups in total. The van der Waals surface area contributed by atoms with Gasteiger partial charge in [0.25, 0.3) is 5.89 Å². The summed E-state index contributed by atoms with van der Waals surface area (Å²) in [6.07, 6.45) is 1.15. The molecule has 0 atom stereocenters. The van der Waals surface area contributed by atoms with Crippen molar-refractivity contribution in [3.8, 4) is 17.4 Å². The van der Waals surface area contributed by atoms with E-state index in [0.29, 0.717) is 23.5 Å². The van der Waals surface area contributed by atoms with Crippen molar-refractivity contribution in [3.63, 3.8) is 0 Å². The van der Waals surface area contributed by atoms with Crippen molar-refractivity contribution in [2.45, 2.75) is 19.8 Å². The molecule has 7 nitrogen and oxygen atoms in total. The summed E-state index contributed by atoms with van der Waals surface area (Å²) >= 11 is 0. The summed E-state index contributed by atoms with van der Waals surface area (Å²) < 4.78 is 16.4. The number of nitrogens with one attached hydrogen (secondary N) is 1. The molecule has 0 aliphatic rings.